The van der Waals surface area contributed by atoms with Crippen LogP contribution < -0.4 is 0 Å². The highest BCUT2D eigenvalue weighted by atomic mass is 19.1. The predicted molar refractivity (Wildman–Crippen MR) is 173 cm³/mol. The maximum absolute atomic E-state index is 14.0. The number of nitrogens with zero attached hydrogens (tertiary/aromatic N) is 2. The Morgan fingerprint density at radius 3 is 2.30 bits per heavy atom. The SMILES string of the molecule is CC1=CC=CC=C(N2CCCC(C(C)C(=O)CN3C(c4ccc(F)cc4)=CC(c4ccc(F)cc4)=CCC3C)CC2)CC1. The Kier molecular flexibility index (Phi) is 10.1. The number of rotatable bonds is 7. The van der Waals surface area contributed by atoms with Crippen molar-refractivity contribution in [2.24, 2.45) is 11.8 Å². The lowest BCUT2D eigenvalue weighted by Gasteiger charge is -2.34. The van der Waals surface area contributed by atoms with Crippen LogP contribution in [0.5, 0.6) is 0 Å². The summed E-state index contributed by atoms with van der Waals surface area (Å²) >= 11 is 0. The van der Waals surface area contributed by atoms with Gasteiger partial charge in [-0.25, -0.2) is 8.78 Å². The number of benzene rings is 2. The third-order valence-corrected chi connectivity index (χ3v) is 9.41. The number of halogens is 2. The molecule has 0 amide bonds. The lowest BCUT2D eigenvalue weighted by molar-refractivity contribution is -0.124. The van der Waals surface area contributed by atoms with Crippen LogP contribution in [0.15, 0.2) is 96.3 Å². The van der Waals surface area contributed by atoms with Crippen LogP contribution >= 0.6 is 0 Å². The topological polar surface area (TPSA) is 23.6 Å². The Labute approximate surface area is 256 Å². The Hall–Kier alpha value is -3.73. The number of ketones is 1. The zero-order valence-corrected chi connectivity index (χ0v) is 25.7. The molecule has 5 rings (SSSR count). The van der Waals surface area contributed by atoms with E-state index in [1.807, 2.05) is 0 Å². The Balaban J connectivity index is 1.32. The molecule has 3 aliphatic rings. The average Bonchev–Trinajstić information content (AvgIpc) is 3.33. The Morgan fingerprint density at radius 2 is 1.58 bits per heavy atom. The number of allylic oxidation sites excluding steroid dienone is 8. The second-order valence-electron chi connectivity index (χ2n) is 12.4. The van der Waals surface area contributed by atoms with Crippen molar-refractivity contribution < 1.29 is 13.6 Å². The van der Waals surface area contributed by atoms with E-state index in [0.29, 0.717) is 12.5 Å². The van der Waals surface area contributed by atoms with Gasteiger partial charge in [0.15, 0.2) is 5.78 Å². The number of carbonyl (C=O) groups is 1. The van der Waals surface area contributed by atoms with Crippen LogP contribution in [0, 0.1) is 23.5 Å². The van der Waals surface area contributed by atoms with Crippen LogP contribution in [0.3, 0.4) is 0 Å². The zero-order valence-electron chi connectivity index (χ0n) is 25.7. The molecule has 0 saturated carbocycles. The number of carbonyl (C=O) groups excluding carboxylic acids is 1. The van der Waals surface area contributed by atoms with Crippen LogP contribution in [0.1, 0.15) is 70.4 Å². The molecule has 1 aliphatic carbocycles. The minimum Gasteiger partial charge on any atom is -0.375 e. The van der Waals surface area contributed by atoms with E-state index in [-0.39, 0.29) is 29.4 Å². The first-order valence-electron chi connectivity index (χ1n) is 15.8. The maximum Gasteiger partial charge on any atom is 0.155 e. The summed E-state index contributed by atoms with van der Waals surface area (Å²) < 4.78 is 27.6. The second kappa shape index (κ2) is 14.2. The number of likely N-dealkylation sites (tertiary alicyclic amines) is 1. The van der Waals surface area contributed by atoms with Crippen LogP contribution in [0.25, 0.3) is 11.3 Å². The van der Waals surface area contributed by atoms with Gasteiger partial charge in [-0.05, 0) is 124 Å². The molecule has 3 unspecified atom stereocenters. The molecule has 3 nitrogen and oxygen atoms in total. The predicted octanol–water partition coefficient (Wildman–Crippen LogP) is 8.97. The smallest absolute Gasteiger partial charge is 0.155 e. The zero-order chi connectivity index (χ0) is 30.3. The lowest BCUT2D eigenvalue weighted by Crippen LogP contribution is -2.38. The second-order valence-corrected chi connectivity index (χ2v) is 12.4. The number of hydrogen-bond acceptors (Lipinski definition) is 3. The van der Waals surface area contributed by atoms with E-state index in [4.69, 9.17) is 0 Å². The first-order chi connectivity index (χ1) is 20.8. The molecule has 2 aliphatic heterocycles. The van der Waals surface area contributed by atoms with Gasteiger partial charge >= 0.3 is 0 Å². The number of Topliss-reactive ketones (excluding diaryl/α,β-unsaturated/α-hetero) is 1. The monoisotopic (exact) mass is 582 g/mol. The van der Waals surface area contributed by atoms with E-state index in [9.17, 15) is 13.6 Å². The van der Waals surface area contributed by atoms with Gasteiger partial charge in [0.2, 0.25) is 0 Å². The molecule has 1 saturated heterocycles. The summed E-state index contributed by atoms with van der Waals surface area (Å²) in [4.78, 5) is 18.7. The summed E-state index contributed by atoms with van der Waals surface area (Å²) in [5.41, 5.74) is 6.45. The highest BCUT2D eigenvalue weighted by molar-refractivity contribution is 5.88. The summed E-state index contributed by atoms with van der Waals surface area (Å²) in [6, 6.07) is 13.0. The van der Waals surface area contributed by atoms with E-state index in [1.165, 1.54) is 35.5 Å². The summed E-state index contributed by atoms with van der Waals surface area (Å²) in [6.45, 7) is 8.77. The fourth-order valence-corrected chi connectivity index (χ4v) is 6.53. The third kappa shape index (κ3) is 7.81. The van der Waals surface area contributed by atoms with Crippen LogP contribution in [0.4, 0.5) is 8.78 Å². The van der Waals surface area contributed by atoms with Gasteiger partial charge in [-0.2, -0.15) is 0 Å². The quantitative estimate of drug-likeness (QED) is 0.326. The van der Waals surface area contributed by atoms with Gasteiger partial charge in [0.05, 0.1) is 6.54 Å². The molecule has 0 N–H and O–H groups in total. The van der Waals surface area contributed by atoms with Crippen molar-refractivity contribution in [2.75, 3.05) is 19.6 Å². The van der Waals surface area contributed by atoms with Gasteiger partial charge in [0.1, 0.15) is 11.6 Å². The molecule has 3 atom stereocenters. The highest BCUT2D eigenvalue weighted by Crippen LogP contribution is 2.34. The summed E-state index contributed by atoms with van der Waals surface area (Å²) in [7, 11) is 0. The molecule has 0 bridgehead atoms. The minimum atomic E-state index is -0.295. The molecule has 0 radical (unpaired) electrons. The molecule has 0 spiro atoms. The molecule has 43 heavy (non-hydrogen) atoms. The maximum atomic E-state index is 14.0. The van der Waals surface area contributed by atoms with E-state index < -0.39 is 0 Å². The van der Waals surface area contributed by atoms with Gasteiger partial charge in [-0.15, -0.1) is 0 Å². The summed E-state index contributed by atoms with van der Waals surface area (Å²) in [5.74, 6) is -0.0281. The van der Waals surface area contributed by atoms with Gasteiger partial charge in [0.25, 0.3) is 0 Å². The number of hydrogen-bond donors (Lipinski definition) is 0. The van der Waals surface area contributed by atoms with Crippen LogP contribution in [0.2, 0.25) is 0 Å². The summed E-state index contributed by atoms with van der Waals surface area (Å²) in [6.07, 6.45) is 19.0. The fraction of sp³-hybridized carbons (Fsp3) is 0.395. The molecule has 1 fully saturated rings. The van der Waals surface area contributed by atoms with Crippen molar-refractivity contribution in [3.05, 3.63) is 119 Å². The van der Waals surface area contributed by atoms with Crippen molar-refractivity contribution in [3.63, 3.8) is 0 Å². The van der Waals surface area contributed by atoms with Crippen molar-refractivity contribution in [3.8, 4) is 0 Å². The molecule has 5 heteroatoms. The van der Waals surface area contributed by atoms with Crippen LogP contribution in [-0.2, 0) is 4.79 Å². The Morgan fingerprint density at radius 1 is 0.907 bits per heavy atom. The molecule has 2 heterocycles. The molecule has 2 aromatic rings. The van der Waals surface area contributed by atoms with E-state index in [1.54, 1.807) is 24.3 Å². The minimum absolute atomic E-state index is 0.0502. The fourth-order valence-electron chi connectivity index (χ4n) is 6.53. The van der Waals surface area contributed by atoms with E-state index >= 15 is 0 Å². The third-order valence-electron chi connectivity index (χ3n) is 9.41. The first kappa shape index (κ1) is 30.7. The largest absolute Gasteiger partial charge is 0.375 e. The van der Waals surface area contributed by atoms with E-state index in [2.05, 4.69) is 67.0 Å². The van der Waals surface area contributed by atoms with Crippen LogP contribution in [-0.4, -0.2) is 41.3 Å². The first-order valence-corrected chi connectivity index (χ1v) is 15.8. The van der Waals surface area contributed by atoms with Gasteiger partial charge in [0, 0.05) is 36.4 Å². The van der Waals surface area contributed by atoms with Crippen molar-refractivity contribution in [1.82, 2.24) is 9.80 Å². The summed E-state index contributed by atoms with van der Waals surface area (Å²) in [5, 5.41) is 0. The standard InChI is InChI=1S/C38H44F2N2O/c1-27-7-4-5-9-36(21-10-27)41-23-6-8-30(22-24-41)29(3)38(43)26-42-28(2)11-12-33(31-13-17-34(39)18-14-31)25-37(42)32-15-19-35(40)20-16-32/h4-5,7,9,12-20,25,28-30H,6,8,10-11,21-24,26H2,1-3H3. The average molecular weight is 583 g/mol. The van der Waals surface area contributed by atoms with Gasteiger partial charge in [-0.1, -0.05) is 48.9 Å². The molecule has 226 valence electrons. The normalized spacial score (nSPS) is 22.3. The molecular formula is C38H44F2N2O. The highest BCUT2D eigenvalue weighted by Gasteiger charge is 2.30. The lowest BCUT2D eigenvalue weighted by atomic mass is 9.84. The molecular weight excluding hydrogens is 538 g/mol. The van der Waals surface area contributed by atoms with E-state index in [0.717, 1.165) is 74.0 Å². The molecule has 0 aromatic heterocycles. The van der Waals surface area contributed by atoms with Crippen molar-refractivity contribution >= 4 is 17.1 Å². The van der Waals surface area contributed by atoms with Crippen molar-refractivity contribution in [1.29, 1.82) is 0 Å². The Bertz CT molecular complexity index is 1430. The van der Waals surface area contributed by atoms with Gasteiger partial charge < -0.3 is 9.80 Å². The molecule has 2 aromatic carbocycles. The van der Waals surface area contributed by atoms with Crippen molar-refractivity contribution in [2.45, 2.75) is 65.3 Å². The van der Waals surface area contributed by atoms with Gasteiger partial charge in [-0.3, -0.25) is 4.79 Å².